The van der Waals surface area contributed by atoms with E-state index in [1.165, 1.54) is 27.6 Å². The second kappa shape index (κ2) is 8.94. The van der Waals surface area contributed by atoms with Gasteiger partial charge in [-0.25, -0.2) is 22.9 Å². The number of carboxylic acid groups (broad SMARTS) is 1. The summed E-state index contributed by atoms with van der Waals surface area (Å²) in [6, 6.07) is 6.80. The van der Waals surface area contributed by atoms with Crippen LogP contribution in [-0.4, -0.2) is 39.5 Å². The van der Waals surface area contributed by atoms with Gasteiger partial charge in [0.05, 0.1) is 11.7 Å². The van der Waals surface area contributed by atoms with Gasteiger partial charge in [0.15, 0.2) is 11.4 Å². The van der Waals surface area contributed by atoms with Crippen molar-refractivity contribution in [2.75, 3.05) is 23.3 Å². The van der Waals surface area contributed by atoms with Crippen molar-refractivity contribution in [1.82, 2.24) is 9.38 Å². The number of carbonyl (C=O) groups is 1. The minimum absolute atomic E-state index is 0.0299. The van der Waals surface area contributed by atoms with Crippen LogP contribution in [0.2, 0.25) is 0 Å². The molecule has 1 aliphatic rings. The van der Waals surface area contributed by atoms with E-state index in [1.54, 1.807) is 19.9 Å². The van der Waals surface area contributed by atoms with Crippen LogP contribution >= 0.6 is 0 Å². The minimum Gasteiger partial charge on any atom is -0.478 e. The van der Waals surface area contributed by atoms with Crippen molar-refractivity contribution in [1.29, 1.82) is 5.26 Å². The van der Waals surface area contributed by atoms with Gasteiger partial charge in [-0.2, -0.15) is 5.26 Å². The Kier molecular flexibility index (Phi) is 6.15. The number of benzene rings is 1. The molecule has 0 unspecified atom stereocenters. The Balaban J connectivity index is 1.84. The van der Waals surface area contributed by atoms with Crippen molar-refractivity contribution in [2.45, 2.75) is 38.7 Å². The number of alkyl halides is 2. The quantitative estimate of drug-likeness (QED) is 0.559. The first-order valence-electron chi connectivity index (χ1n) is 10.9. The van der Waals surface area contributed by atoms with Crippen molar-refractivity contribution < 1.29 is 23.1 Å². The van der Waals surface area contributed by atoms with Gasteiger partial charge in [0, 0.05) is 37.7 Å². The first-order chi connectivity index (χ1) is 16.5. The summed E-state index contributed by atoms with van der Waals surface area (Å²) in [4.78, 5) is 30.8. The van der Waals surface area contributed by atoms with Gasteiger partial charge >= 0.3 is 5.97 Å². The number of anilines is 2. The highest BCUT2D eigenvalue weighted by atomic mass is 19.3. The standard InChI is InChI=1S/C24H22F3N5O3/c1-13-10-15(14(2)29-18-5-3-4-17(25)19(18)23(34)35)21-30-20(16(11-28)22(33)32(21)12-13)31-8-6-24(26,27)7-9-31/h3-5,10,12,14,29H,6-9H2,1-2H3,(H,34,35)/t14-/m1/s1. The van der Waals surface area contributed by atoms with Crippen LogP contribution in [0.15, 0.2) is 35.3 Å². The smallest absolute Gasteiger partial charge is 0.340 e. The number of aromatic carboxylic acids is 1. The van der Waals surface area contributed by atoms with E-state index in [2.05, 4.69) is 10.3 Å². The lowest BCUT2D eigenvalue weighted by Gasteiger charge is -2.33. The fourth-order valence-corrected chi connectivity index (χ4v) is 4.26. The predicted molar refractivity (Wildman–Crippen MR) is 123 cm³/mol. The highest BCUT2D eigenvalue weighted by molar-refractivity contribution is 5.94. The number of fused-ring (bicyclic) bond motifs is 1. The summed E-state index contributed by atoms with van der Waals surface area (Å²) in [5.74, 6) is -5.13. The lowest BCUT2D eigenvalue weighted by atomic mass is 10.0. The third kappa shape index (κ3) is 4.51. The van der Waals surface area contributed by atoms with Gasteiger partial charge < -0.3 is 15.3 Å². The van der Waals surface area contributed by atoms with Gasteiger partial charge in [0.1, 0.15) is 23.1 Å². The molecule has 11 heteroatoms. The fourth-order valence-electron chi connectivity index (χ4n) is 4.26. The Hall–Kier alpha value is -4.07. The molecule has 1 aromatic carbocycles. The van der Waals surface area contributed by atoms with E-state index in [4.69, 9.17) is 0 Å². The van der Waals surface area contributed by atoms with Gasteiger partial charge in [0.2, 0.25) is 0 Å². The van der Waals surface area contributed by atoms with Gasteiger partial charge in [0.25, 0.3) is 11.5 Å². The Morgan fingerprint density at radius 2 is 2.00 bits per heavy atom. The first-order valence-corrected chi connectivity index (χ1v) is 10.9. The second-order valence-electron chi connectivity index (χ2n) is 8.57. The summed E-state index contributed by atoms with van der Waals surface area (Å²) in [5.41, 5.74) is -0.0441. The highest BCUT2D eigenvalue weighted by Crippen LogP contribution is 2.32. The van der Waals surface area contributed by atoms with Crippen molar-refractivity contribution in [3.05, 3.63) is 68.9 Å². The van der Waals surface area contributed by atoms with E-state index in [-0.39, 0.29) is 35.8 Å². The van der Waals surface area contributed by atoms with E-state index in [0.717, 1.165) is 6.07 Å². The molecular formula is C24H22F3N5O3. The van der Waals surface area contributed by atoms with Crippen LogP contribution in [-0.2, 0) is 0 Å². The predicted octanol–water partition coefficient (Wildman–Crippen LogP) is 4.12. The van der Waals surface area contributed by atoms with Gasteiger partial charge in [-0.05, 0) is 37.6 Å². The number of carboxylic acids is 1. The SMILES string of the molecule is Cc1cc([C@@H](C)Nc2cccc(F)c2C(=O)O)c2nc(N3CCC(F)(F)CC3)c(C#N)c(=O)n2c1. The largest absolute Gasteiger partial charge is 0.478 e. The Morgan fingerprint density at radius 3 is 2.63 bits per heavy atom. The molecule has 8 nitrogen and oxygen atoms in total. The van der Waals surface area contributed by atoms with Gasteiger partial charge in [-0.1, -0.05) is 6.07 Å². The maximum atomic E-state index is 14.2. The number of piperidine rings is 1. The third-order valence-electron chi connectivity index (χ3n) is 6.04. The van der Waals surface area contributed by atoms with E-state index in [0.29, 0.717) is 11.1 Å². The van der Waals surface area contributed by atoms with Gasteiger partial charge in [-0.3, -0.25) is 9.20 Å². The molecular weight excluding hydrogens is 463 g/mol. The molecule has 0 aliphatic carbocycles. The van der Waals surface area contributed by atoms with Crippen LogP contribution in [0, 0.1) is 24.1 Å². The number of nitrogens with one attached hydrogen (secondary N) is 1. The molecule has 2 aromatic heterocycles. The van der Waals surface area contributed by atoms with Crippen molar-refractivity contribution >= 4 is 23.1 Å². The number of aryl methyl sites for hydroxylation is 1. The van der Waals surface area contributed by atoms with Gasteiger partial charge in [-0.15, -0.1) is 0 Å². The summed E-state index contributed by atoms with van der Waals surface area (Å²) < 4.78 is 42.8. The van der Waals surface area contributed by atoms with Crippen molar-refractivity contribution in [3.8, 4) is 6.07 Å². The van der Waals surface area contributed by atoms with Crippen LogP contribution in [0.3, 0.4) is 0 Å². The number of halogens is 3. The molecule has 3 aromatic rings. The molecule has 0 spiro atoms. The minimum atomic E-state index is -2.82. The molecule has 0 saturated carbocycles. The zero-order valence-corrected chi connectivity index (χ0v) is 19.0. The molecule has 0 amide bonds. The monoisotopic (exact) mass is 485 g/mol. The highest BCUT2D eigenvalue weighted by Gasteiger charge is 2.35. The summed E-state index contributed by atoms with van der Waals surface area (Å²) in [6.07, 6.45) is 0.672. The number of aromatic nitrogens is 2. The average molecular weight is 485 g/mol. The number of pyridine rings is 1. The van der Waals surface area contributed by atoms with Crippen LogP contribution in [0.1, 0.15) is 52.9 Å². The molecule has 1 fully saturated rings. The normalized spacial score (nSPS) is 16.1. The summed E-state index contributed by atoms with van der Waals surface area (Å²) in [5, 5.41) is 22.1. The number of rotatable bonds is 5. The van der Waals surface area contributed by atoms with Crippen LogP contribution in [0.5, 0.6) is 0 Å². The lowest BCUT2D eigenvalue weighted by Crippen LogP contribution is -2.41. The Labute approximate surface area is 198 Å². The van der Waals surface area contributed by atoms with Crippen LogP contribution < -0.4 is 15.8 Å². The van der Waals surface area contributed by atoms with E-state index < -0.39 is 47.7 Å². The molecule has 4 rings (SSSR count). The third-order valence-corrected chi connectivity index (χ3v) is 6.04. The number of hydrogen-bond donors (Lipinski definition) is 2. The molecule has 182 valence electrons. The Morgan fingerprint density at radius 1 is 1.31 bits per heavy atom. The second-order valence-corrected chi connectivity index (χ2v) is 8.57. The lowest BCUT2D eigenvalue weighted by molar-refractivity contribution is -0.0221. The topological polar surface area (TPSA) is 111 Å². The molecule has 3 heterocycles. The maximum absolute atomic E-state index is 14.2. The van der Waals surface area contributed by atoms with Crippen molar-refractivity contribution in [2.24, 2.45) is 0 Å². The molecule has 2 N–H and O–H groups in total. The van der Waals surface area contributed by atoms with E-state index in [9.17, 15) is 33.1 Å². The molecule has 1 saturated heterocycles. The fraction of sp³-hybridized carbons (Fsp3) is 0.333. The first kappa shape index (κ1) is 24.1. The average Bonchev–Trinajstić information content (AvgIpc) is 2.78. The maximum Gasteiger partial charge on any atom is 0.340 e. The molecule has 0 bridgehead atoms. The van der Waals surface area contributed by atoms with E-state index >= 15 is 0 Å². The molecule has 1 atom stereocenters. The number of hydrogen-bond acceptors (Lipinski definition) is 6. The summed E-state index contributed by atoms with van der Waals surface area (Å²) >= 11 is 0. The molecule has 35 heavy (non-hydrogen) atoms. The van der Waals surface area contributed by atoms with Crippen molar-refractivity contribution in [3.63, 3.8) is 0 Å². The van der Waals surface area contributed by atoms with Crippen LogP contribution in [0.25, 0.3) is 5.65 Å². The number of nitrogens with zero attached hydrogens (tertiary/aromatic N) is 4. The summed E-state index contributed by atoms with van der Waals surface area (Å²) in [6.45, 7) is 3.30. The van der Waals surface area contributed by atoms with E-state index in [1.807, 2.05) is 6.07 Å². The zero-order valence-electron chi connectivity index (χ0n) is 19.0. The Bertz CT molecular complexity index is 1420. The zero-order chi connectivity index (χ0) is 25.5. The number of nitriles is 1. The molecule has 0 radical (unpaired) electrons. The van der Waals surface area contributed by atoms with Crippen LogP contribution in [0.4, 0.5) is 24.7 Å². The molecule has 1 aliphatic heterocycles. The summed E-state index contributed by atoms with van der Waals surface area (Å²) in [7, 11) is 0.